The highest BCUT2D eigenvalue weighted by molar-refractivity contribution is 6.14. The van der Waals surface area contributed by atoms with E-state index in [0.29, 0.717) is 11.1 Å². The van der Waals surface area contributed by atoms with Crippen LogP contribution in [0.2, 0.25) is 0 Å². The summed E-state index contributed by atoms with van der Waals surface area (Å²) in [6, 6.07) is 61.3. The molecule has 0 aliphatic heterocycles. The van der Waals surface area contributed by atoms with Gasteiger partial charge in [-0.3, -0.25) is 4.79 Å². The standard InChI is InChI=1S/C47H34O/c1-33(41-24-12-14-26-43(41)35-18-6-3-7-19-35)38-30-39(34(2)42-25-13-15-27-44(42)36-20-8-4-9-21-36)32-40(31-38)47(48)46-29-17-16-28-45(46)37-22-10-5-11-23-37/h3-32H,1-2H2. The summed E-state index contributed by atoms with van der Waals surface area (Å²) in [6.45, 7) is 9.23. The molecular weight excluding hydrogens is 581 g/mol. The Morgan fingerprint density at radius 1 is 0.333 bits per heavy atom. The van der Waals surface area contributed by atoms with Gasteiger partial charge in [0.1, 0.15) is 0 Å². The summed E-state index contributed by atoms with van der Waals surface area (Å²) in [5, 5.41) is 0. The second kappa shape index (κ2) is 13.6. The molecule has 48 heavy (non-hydrogen) atoms. The molecule has 228 valence electrons. The molecule has 0 radical (unpaired) electrons. The second-order valence-corrected chi connectivity index (χ2v) is 11.8. The molecule has 0 amide bonds. The summed E-state index contributed by atoms with van der Waals surface area (Å²) >= 11 is 0. The van der Waals surface area contributed by atoms with E-state index in [4.69, 9.17) is 0 Å². The zero-order chi connectivity index (χ0) is 32.9. The number of hydrogen-bond acceptors (Lipinski definition) is 1. The van der Waals surface area contributed by atoms with E-state index in [9.17, 15) is 4.79 Å². The minimum Gasteiger partial charge on any atom is -0.289 e. The first kappa shape index (κ1) is 30.3. The Labute approximate surface area is 282 Å². The lowest BCUT2D eigenvalue weighted by atomic mass is 9.85. The molecular formula is C47H34O. The number of carbonyl (C=O) groups excluding carboxylic acids is 1. The van der Waals surface area contributed by atoms with Gasteiger partial charge in [0.05, 0.1) is 0 Å². The van der Waals surface area contributed by atoms with E-state index in [1.165, 1.54) is 0 Å². The van der Waals surface area contributed by atoms with E-state index in [1.807, 2.05) is 127 Å². The predicted molar refractivity (Wildman–Crippen MR) is 202 cm³/mol. The lowest BCUT2D eigenvalue weighted by Crippen LogP contribution is -2.06. The Kier molecular flexibility index (Phi) is 8.59. The number of rotatable bonds is 9. The maximum absolute atomic E-state index is 14.6. The van der Waals surface area contributed by atoms with Crippen molar-refractivity contribution in [2.75, 3.05) is 0 Å². The van der Waals surface area contributed by atoms with Crippen LogP contribution in [0.3, 0.4) is 0 Å². The molecule has 0 aliphatic carbocycles. The van der Waals surface area contributed by atoms with Gasteiger partial charge in [0.25, 0.3) is 0 Å². The number of benzene rings is 7. The van der Waals surface area contributed by atoms with Crippen LogP contribution < -0.4 is 0 Å². The minimum absolute atomic E-state index is 0.0501. The maximum atomic E-state index is 14.6. The van der Waals surface area contributed by atoms with Gasteiger partial charge in [-0.15, -0.1) is 0 Å². The third-order valence-electron chi connectivity index (χ3n) is 8.82. The summed E-state index contributed by atoms with van der Waals surface area (Å²) < 4.78 is 0. The van der Waals surface area contributed by atoms with E-state index in [1.54, 1.807) is 0 Å². The van der Waals surface area contributed by atoms with Crippen molar-refractivity contribution < 1.29 is 4.79 Å². The fourth-order valence-electron chi connectivity index (χ4n) is 6.36. The highest BCUT2D eigenvalue weighted by Crippen LogP contribution is 2.37. The first-order valence-electron chi connectivity index (χ1n) is 16.1. The molecule has 1 nitrogen and oxygen atoms in total. The Bertz CT molecular complexity index is 1990. The summed E-state index contributed by atoms with van der Waals surface area (Å²) in [6.07, 6.45) is 0. The van der Waals surface area contributed by atoms with Crippen LogP contribution in [0, 0.1) is 0 Å². The van der Waals surface area contributed by atoms with Crippen LogP contribution in [0.5, 0.6) is 0 Å². The highest BCUT2D eigenvalue weighted by atomic mass is 16.1. The van der Waals surface area contributed by atoms with Gasteiger partial charge < -0.3 is 0 Å². The SMILES string of the molecule is C=C(c1cc(C(=C)c2ccccc2-c2ccccc2)cc(C(=O)c2ccccc2-c2ccccc2)c1)c1ccccc1-c1ccccc1. The first-order chi connectivity index (χ1) is 23.6. The molecule has 0 atom stereocenters. The van der Waals surface area contributed by atoms with Crippen molar-refractivity contribution >= 4 is 16.9 Å². The number of ketones is 1. The predicted octanol–water partition coefficient (Wildman–Crippen LogP) is 12.0. The van der Waals surface area contributed by atoms with Crippen molar-refractivity contribution in [3.63, 3.8) is 0 Å². The maximum Gasteiger partial charge on any atom is 0.193 e. The van der Waals surface area contributed by atoms with Crippen LogP contribution in [-0.2, 0) is 0 Å². The number of hydrogen-bond donors (Lipinski definition) is 0. The van der Waals surface area contributed by atoms with Crippen molar-refractivity contribution in [1.82, 2.24) is 0 Å². The zero-order valence-electron chi connectivity index (χ0n) is 26.6. The van der Waals surface area contributed by atoms with Crippen LogP contribution in [0.4, 0.5) is 0 Å². The highest BCUT2D eigenvalue weighted by Gasteiger charge is 2.20. The number of carbonyl (C=O) groups is 1. The summed E-state index contributed by atoms with van der Waals surface area (Å²) in [5.41, 5.74) is 13.0. The van der Waals surface area contributed by atoms with Crippen LogP contribution in [0.1, 0.15) is 38.2 Å². The molecule has 0 heterocycles. The monoisotopic (exact) mass is 614 g/mol. The minimum atomic E-state index is -0.0501. The molecule has 0 saturated heterocycles. The molecule has 7 aromatic rings. The average molecular weight is 615 g/mol. The van der Waals surface area contributed by atoms with Gasteiger partial charge >= 0.3 is 0 Å². The normalized spacial score (nSPS) is 10.8. The third-order valence-corrected chi connectivity index (χ3v) is 8.82. The first-order valence-corrected chi connectivity index (χ1v) is 16.1. The van der Waals surface area contributed by atoms with E-state index in [-0.39, 0.29) is 5.78 Å². The summed E-state index contributed by atoms with van der Waals surface area (Å²) in [4.78, 5) is 14.6. The van der Waals surface area contributed by atoms with Gasteiger partial charge in [0, 0.05) is 11.1 Å². The van der Waals surface area contributed by atoms with Crippen LogP contribution in [0.25, 0.3) is 44.5 Å². The van der Waals surface area contributed by atoms with Crippen LogP contribution in [-0.4, -0.2) is 5.78 Å². The van der Waals surface area contributed by atoms with Crippen LogP contribution in [0.15, 0.2) is 195 Å². The molecule has 0 aromatic heterocycles. The molecule has 0 N–H and O–H groups in total. The lowest BCUT2D eigenvalue weighted by Gasteiger charge is -2.18. The smallest absolute Gasteiger partial charge is 0.193 e. The fourth-order valence-corrected chi connectivity index (χ4v) is 6.36. The molecule has 0 aliphatic rings. The van der Waals surface area contributed by atoms with Gasteiger partial charge in [0.2, 0.25) is 0 Å². The van der Waals surface area contributed by atoms with E-state index >= 15 is 0 Å². The van der Waals surface area contributed by atoms with Crippen molar-refractivity contribution in [1.29, 1.82) is 0 Å². The zero-order valence-corrected chi connectivity index (χ0v) is 26.6. The largest absolute Gasteiger partial charge is 0.289 e. The van der Waals surface area contributed by atoms with Crippen molar-refractivity contribution in [3.8, 4) is 33.4 Å². The van der Waals surface area contributed by atoms with E-state index in [2.05, 4.69) is 67.8 Å². The Balaban J connectivity index is 1.39. The quantitative estimate of drug-likeness (QED) is 0.148. The summed E-state index contributed by atoms with van der Waals surface area (Å²) in [5.74, 6) is -0.0501. The van der Waals surface area contributed by atoms with Gasteiger partial charge in [-0.2, -0.15) is 0 Å². The van der Waals surface area contributed by atoms with Gasteiger partial charge in [0.15, 0.2) is 5.78 Å². The molecule has 0 fully saturated rings. The van der Waals surface area contributed by atoms with Crippen molar-refractivity contribution in [2.45, 2.75) is 0 Å². The third kappa shape index (κ3) is 6.10. The molecule has 0 unspecified atom stereocenters. The Morgan fingerprint density at radius 2 is 0.625 bits per heavy atom. The van der Waals surface area contributed by atoms with E-state index < -0.39 is 0 Å². The Morgan fingerprint density at radius 3 is 1.02 bits per heavy atom. The fraction of sp³-hybridized carbons (Fsp3) is 0. The molecule has 1 heteroatoms. The molecule has 0 spiro atoms. The second-order valence-electron chi connectivity index (χ2n) is 11.8. The Hall–Kier alpha value is -6.31. The average Bonchev–Trinajstić information content (AvgIpc) is 3.18. The molecule has 7 rings (SSSR count). The lowest BCUT2D eigenvalue weighted by molar-refractivity contribution is 0.103. The van der Waals surface area contributed by atoms with Gasteiger partial charge in [-0.1, -0.05) is 177 Å². The van der Waals surface area contributed by atoms with E-state index in [0.717, 1.165) is 66.8 Å². The topological polar surface area (TPSA) is 17.1 Å². The molecule has 7 aromatic carbocycles. The van der Waals surface area contributed by atoms with Gasteiger partial charge in [-0.05, 0) is 85.0 Å². The van der Waals surface area contributed by atoms with Crippen molar-refractivity contribution in [3.05, 3.63) is 229 Å². The summed E-state index contributed by atoms with van der Waals surface area (Å²) in [7, 11) is 0. The molecule has 0 bridgehead atoms. The molecule has 0 saturated carbocycles. The van der Waals surface area contributed by atoms with Crippen molar-refractivity contribution in [2.24, 2.45) is 0 Å². The van der Waals surface area contributed by atoms with Gasteiger partial charge in [-0.25, -0.2) is 0 Å². The van der Waals surface area contributed by atoms with Crippen LogP contribution >= 0.6 is 0 Å².